The molecular formula is C24H23N5O2. The number of fused-ring (bicyclic) bond motifs is 3. The van der Waals surface area contributed by atoms with Crippen LogP contribution in [0.25, 0.3) is 27.5 Å². The van der Waals surface area contributed by atoms with Crippen LogP contribution in [-0.2, 0) is 4.79 Å². The van der Waals surface area contributed by atoms with Gasteiger partial charge in [0.25, 0.3) is 0 Å². The highest BCUT2D eigenvalue weighted by atomic mass is 16.5. The Morgan fingerprint density at radius 3 is 2.58 bits per heavy atom. The number of hydrogen-bond donors (Lipinski definition) is 0. The number of esters is 1. The highest BCUT2D eigenvalue weighted by molar-refractivity contribution is 6.09. The Kier molecular flexibility index (Phi) is 4.88. The summed E-state index contributed by atoms with van der Waals surface area (Å²) in [5.74, 6) is 0.860. The van der Waals surface area contributed by atoms with Crippen LogP contribution in [0.4, 0.5) is 5.82 Å². The van der Waals surface area contributed by atoms with Crippen LogP contribution in [-0.4, -0.2) is 58.9 Å². The highest BCUT2D eigenvalue weighted by Gasteiger charge is 2.22. The van der Waals surface area contributed by atoms with E-state index in [-0.39, 0.29) is 0 Å². The van der Waals surface area contributed by atoms with Crippen molar-refractivity contribution < 1.29 is 9.53 Å². The number of hydrogen-bond acceptors (Lipinski definition) is 6. The predicted molar refractivity (Wildman–Crippen MR) is 122 cm³/mol. The number of benzene rings is 2. The predicted octanol–water partition coefficient (Wildman–Crippen LogP) is 3.42. The van der Waals surface area contributed by atoms with E-state index in [9.17, 15) is 4.79 Å². The second kappa shape index (κ2) is 7.85. The molecule has 31 heavy (non-hydrogen) atoms. The second-order valence-corrected chi connectivity index (χ2v) is 7.70. The maximum Gasteiger partial charge on any atom is 0.335 e. The molecule has 156 valence electrons. The van der Waals surface area contributed by atoms with E-state index in [1.807, 2.05) is 53.3 Å². The van der Waals surface area contributed by atoms with Gasteiger partial charge in [-0.1, -0.05) is 24.8 Å². The average molecular weight is 413 g/mol. The van der Waals surface area contributed by atoms with Gasteiger partial charge >= 0.3 is 5.97 Å². The zero-order valence-electron chi connectivity index (χ0n) is 17.4. The number of ether oxygens (including phenoxy) is 1. The van der Waals surface area contributed by atoms with E-state index in [0.29, 0.717) is 5.75 Å². The van der Waals surface area contributed by atoms with Crippen molar-refractivity contribution in [2.75, 3.05) is 38.1 Å². The molecule has 0 aliphatic carbocycles. The van der Waals surface area contributed by atoms with Crippen molar-refractivity contribution in [2.45, 2.75) is 0 Å². The topological polar surface area (TPSA) is 63.5 Å². The molecule has 0 radical (unpaired) electrons. The quantitative estimate of drug-likeness (QED) is 0.290. The fourth-order valence-electron chi connectivity index (χ4n) is 3.90. The Labute approximate surface area is 180 Å². The van der Waals surface area contributed by atoms with E-state index in [4.69, 9.17) is 14.8 Å². The van der Waals surface area contributed by atoms with Crippen LogP contribution in [0.15, 0.2) is 67.4 Å². The molecule has 0 amide bonds. The third-order valence-corrected chi connectivity index (χ3v) is 5.62. The number of aromatic nitrogens is 3. The maximum absolute atomic E-state index is 11.7. The third kappa shape index (κ3) is 3.64. The number of rotatable bonds is 4. The van der Waals surface area contributed by atoms with Gasteiger partial charge in [0, 0.05) is 49.2 Å². The van der Waals surface area contributed by atoms with E-state index < -0.39 is 5.97 Å². The first-order chi connectivity index (χ1) is 15.1. The molecule has 1 aliphatic rings. The third-order valence-electron chi connectivity index (χ3n) is 5.62. The molecule has 1 fully saturated rings. The minimum Gasteiger partial charge on any atom is -0.423 e. The molecule has 0 bridgehead atoms. The lowest BCUT2D eigenvalue weighted by molar-refractivity contribution is -0.128. The molecule has 0 N–H and O–H groups in total. The normalized spacial score (nSPS) is 14.8. The largest absolute Gasteiger partial charge is 0.423 e. The van der Waals surface area contributed by atoms with Crippen molar-refractivity contribution in [2.24, 2.45) is 0 Å². The summed E-state index contributed by atoms with van der Waals surface area (Å²) in [6.07, 6.45) is 3.18. The molecule has 5 rings (SSSR count). The standard InChI is InChI=1S/C24H23N5O2/c1-3-22(30)31-18-9-10-21-19(15-18)20-16-29(17-7-5-4-6-8-17)26-23(20)24(25-21)28-13-11-27(2)12-14-28/h3-10,15-16H,1,11-14H2,2H3. The molecule has 3 heterocycles. The Bertz CT molecular complexity index is 1270. The molecule has 2 aromatic carbocycles. The minimum atomic E-state index is -0.488. The van der Waals surface area contributed by atoms with Gasteiger partial charge in [0.2, 0.25) is 0 Å². The molecule has 4 aromatic rings. The molecule has 0 spiro atoms. The summed E-state index contributed by atoms with van der Waals surface area (Å²) in [7, 11) is 2.14. The molecule has 0 saturated carbocycles. The van der Waals surface area contributed by atoms with Crippen LogP contribution < -0.4 is 9.64 Å². The first-order valence-electron chi connectivity index (χ1n) is 10.3. The van der Waals surface area contributed by atoms with Crippen LogP contribution >= 0.6 is 0 Å². The van der Waals surface area contributed by atoms with E-state index in [1.54, 1.807) is 6.07 Å². The Balaban J connectivity index is 1.70. The van der Waals surface area contributed by atoms with E-state index in [0.717, 1.165) is 65.6 Å². The van der Waals surface area contributed by atoms with Gasteiger partial charge in [0.1, 0.15) is 11.3 Å². The lowest BCUT2D eigenvalue weighted by atomic mass is 10.1. The SMILES string of the molecule is C=CC(=O)Oc1ccc2nc(N3CCN(C)CC3)c3nn(-c4ccccc4)cc3c2c1. The van der Waals surface area contributed by atoms with E-state index in [1.165, 1.54) is 0 Å². The summed E-state index contributed by atoms with van der Waals surface area (Å²) in [6, 6.07) is 15.5. The summed E-state index contributed by atoms with van der Waals surface area (Å²) in [5, 5.41) is 6.77. The number of para-hydroxylation sites is 1. The van der Waals surface area contributed by atoms with Gasteiger partial charge in [0.05, 0.1) is 11.2 Å². The highest BCUT2D eigenvalue weighted by Crippen LogP contribution is 2.33. The lowest BCUT2D eigenvalue weighted by Crippen LogP contribution is -2.44. The number of carbonyl (C=O) groups is 1. The van der Waals surface area contributed by atoms with Crippen LogP contribution in [0.5, 0.6) is 5.75 Å². The summed E-state index contributed by atoms with van der Waals surface area (Å²) >= 11 is 0. The van der Waals surface area contributed by atoms with Crippen LogP contribution in [0.2, 0.25) is 0 Å². The van der Waals surface area contributed by atoms with Crippen molar-refractivity contribution >= 4 is 33.6 Å². The van der Waals surface area contributed by atoms with E-state index in [2.05, 4.69) is 23.4 Å². The Hall–Kier alpha value is -3.71. The fraction of sp³-hybridized carbons (Fsp3) is 0.208. The first-order valence-corrected chi connectivity index (χ1v) is 10.3. The van der Waals surface area contributed by atoms with Gasteiger partial charge in [-0.25, -0.2) is 14.5 Å². The number of nitrogens with zero attached hydrogens (tertiary/aromatic N) is 5. The van der Waals surface area contributed by atoms with Crippen molar-refractivity contribution in [1.29, 1.82) is 0 Å². The first kappa shape index (κ1) is 19.3. The Morgan fingerprint density at radius 1 is 1.06 bits per heavy atom. The van der Waals surface area contributed by atoms with Crippen LogP contribution in [0.1, 0.15) is 0 Å². The molecule has 7 heteroatoms. The van der Waals surface area contributed by atoms with Crippen LogP contribution in [0.3, 0.4) is 0 Å². The van der Waals surface area contributed by atoms with Crippen LogP contribution in [0, 0.1) is 0 Å². The number of anilines is 1. The summed E-state index contributed by atoms with van der Waals surface area (Å²) < 4.78 is 7.23. The van der Waals surface area contributed by atoms with Crippen molar-refractivity contribution in [3.8, 4) is 11.4 Å². The summed E-state index contributed by atoms with van der Waals surface area (Å²) in [5.41, 5.74) is 2.66. The number of pyridine rings is 1. The lowest BCUT2D eigenvalue weighted by Gasteiger charge is -2.33. The summed E-state index contributed by atoms with van der Waals surface area (Å²) in [6.45, 7) is 7.23. The van der Waals surface area contributed by atoms with Gasteiger partial charge < -0.3 is 14.5 Å². The minimum absolute atomic E-state index is 0.459. The maximum atomic E-state index is 11.7. The second-order valence-electron chi connectivity index (χ2n) is 7.70. The summed E-state index contributed by atoms with van der Waals surface area (Å²) in [4.78, 5) is 21.3. The van der Waals surface area contributed by atoms with Gasteiger partial charge in [-0.05, 0) is 37.4 Å². The number of likely N-dealkylation sites (N-methyl/N-ethyl adjacent to an activating group) is 1. The van der Waals surface area contributed by atoms with Crippen molar-refractivity contribution in [3.63, 3.8) is 0 Å². The molecule has 7 nitrogen and oxygen atoms in total. The average Bonchev–Trinajstić information content (AvgIpc) is 3.26. The van der Waals surface area contributed by atoms with Gasteiger partial charge in [0.15, 0.2) is 5.82 Å². The molecule has 1 saturated heterocycles. The zero-order valence-corrected chi connectivity index (χ0v) is 17.4. The zero-order chi connectivity index (χ0) is 21.4. The molecule has 0 unspecified atom stereocenters. The fourth-order valence-corrected chi connectivity index (χ4v) is 3.90. The molecule has 2 aromatic heterocycles. The van der Waals surface area contributed by atoms with Gasteiger partial charge in [-0.2, -0.15) is 5.10 Å². The van der Waals surface area contributed by atoms with E-state index >= 15 is 0 Å². The monoisotopic (exact) mass is 413 g/mol. The van der Waals surface area contributed by atoms with Crippen molar-refractivity contribution in [1.82, 2.24) is 19.7 Å². The molecular weight excluding hydrogens is 390 g/mol. The van der Waals surface area contributed by atoms with Gasteiger partial charge in [-0.3, -0.25) is 0 Å². The molecule has 0 atom stereocenters. The number of carbonyl (C=O) groups excluding carboxylic acids is 1. The Morgan fingerprint density at radius 2 is 1.84 bits per heavy atom. The van der Waals surface area contributed by atoms with Crippen molar-refractivity contribution in [3.05, 3.63) is 67.4 Å². The smallest absolute Gasteiger partial charge is 0.335 e. The number of piperazine rings is 1. The molecule has 1 aliphatic heterocycles. The van der Waals surface area contributed by atoms with Gasteiger partial charge in [-0.15, -0.1) is 0 Å².